The van der Waals surface area contributed by atoms with Gasteiger partial charge in [0.15, 0.2) is 5.82 Å². The van der Waals surface area contributed by atoms with E-state index < -0.39 is 0 Å². The zero-order chi connectivity index (χ0) is 18.6. The zero-order valence-electron chi connectivity index (χ0n) is 15.2. The molecular weight excluding hydrogens is 340 g/mol. The molecule has 27 heavy (non-hydrogen) atoms. The highest BCUT2D eigenvalue weighted by atomic mass is 16.1. The lowest BCUT2D eigenvalue weighted by atomic mass is 9.98. The number of benzene rings is 2. The van der Waals surface area contributed by atoms with Crippen LogP contribution < -0.4 is 10.6 Å². The van der Waals surface area contributed by atoms with E-state index in [1.54, 1.807) is 4.68 Å². The Morgan fingerprint density at radius 3 is 2.59 bits per heavy atom. The van der Waals surface area contributed by atoms with Crippen LogP contribution in [0.15, 0.2) is 48.5 Å². The largest absolute Gasteiger partial charge is 0.322 e. The fourth-order valence-electron chi connectivity index (χ4n) is 3.37. The van der Waals surface area contributed by atoms with Crippen LogP contribution in [0.3, 0.4) is 0 Å². The van der Waals surface area contributed by atoms with Crippen LogP contribution in [0.5, 0.6) is 0 Å². The molecule has 0 radical (unpaired) electrons. The number of hydrogen-bond acceptors (Lipinski definition) is 5. The molecule has 1 saturated heterocycles. The van der Waals surface area contributed by atoms with Crippen molar-refractivity contribution in [3.05, 3.63) is 65.5 Å². The molecule has 3 aromatic rings. The van der Waals surface area contributed by atoms with Gasteiger partial charge >= 0.3 is 0 Å². The van der Waals surface area contributed by atoms with E-state index in [2.05, 4.69) is 38.3 Å². The minimum Gasteiger partial charge on any atom is -0.322 e. The number of anilines is 1. The summed E-state index contributed by atoms with van der Waals surface area (Å²) < 4.78 is 1.64. The van der Waals surface area contributed by atoms with Crippen LogP contribution in [-0.4, -0.2) is 39.2 Å². The Balaban J connectivity index is 1.39. The van der Waals surface area contributed by atoms with E-state index in [4.69, 9.17) is 0 Å². The first-order chi connectivity index (χ1) is 13.2. The second-order valence-corrected chi connectivity index (χ2v) is 6.90. The van der Waals surface area contributed by atoms with Crippen molar-refractivity contribution in [2.24, 2.45) is 5.92 Å². The number of aryl methyl sites for hydroxylation is 1. The number of nitrogens with one attached hydrogen (secondary N) is 2. The molecule has 4 rings (SSSR count). The van der Waals surface area contributed by atoms with Gasteiger partial charge in [0.05, 0.1) is 5.69 Å². The molecule has 1 aliphatic rings. The standard InChI is InChI=1S/C20H22N6O/c1-14-23-24-25-26(14)19-8-6-18(7-9-19)22-20(27)17-4-2-15(3-5-17)12-16-10-11-21-13-16/h2-9,16,21H,10-13H2,1H3,(H,22,27). The normalized spacial score (nSPS) is 16.4. The third kappa shape index (κ3) is 4.03. The lowest BCUT2D eigenvalue weighted by molar-refractivity contribution is 0.102. The van der Waals surface area contributed by atoms with Crippen LogP contribution >= 0.6 is 0 Å². The fraction of sp³-hybridized carbons (Fsp3) is 0.300. The lowest BCUT2D eigenvalue weighted by Crippen LogP contribution is -2.13. The average Bonchev–Trinajstić information content (AvgIpc) is 3.35. The topological polar surface area (TPSA) is 84.7 Å². The maximum absolute atomic E-state index is 12.5. The summed E-state index contributed by atoms with van der Waals surface area (Å²) >= 11 is 0. The summed E-state index contributed by atoms with van der Waals surface area (Å²) in [5.41, 5.74) is 3.52. The van der Waals surface area contributed by atoms with E-state index in [1.807, 2.05) is 43.3 Å². The van der Waals surface area contributed by atoms with Crippen molar-refractivity contribution < 1.29 is 4.79 Å². The molecule has 1 amide bonds. The second-order valence-electron chi connectivity index (χ2n) is 6.90. The Morgan fingerprint density at radius 2 is 1.96 bits per heavy atom. The number of hydrogen-bond donors (Lipinski definition) is 2. The molecule has 138 valence electrons. The highest BCUT2D eigenvalue weighted by molar-refractivity contribution is 6.04. The van der Waals surface area contributed by atoms with Gasteiger partial charge in [0.1, 0.15) is 0 Å². The van der Waals surface area contributed by atoms with Gasteiger partial charge in [-0.05, 0) is 91.2 Å². The Kier molecular flexibility index (Phi) is 4.93. The summed E-state index contributed by atoms with van der Waals surface area (Å²) in [6.45, 7) is 4.03. The third-order valence-corrected chi connectivity index (χ3v) is 4.90. The number of nitrogens with zero attached hydrogens (tertiary/aromatic N) is 4. The van der Waals surface area contributed by atoms with Crippen molar-refractivity contribution in [2.75, 3.05) is 18.4 Å². The summed E-state index contributed by atoms with van der Waals surface area (Å²) in [4.78, 5) is 12.5. The molecule has 2 N–H and O–H groups in total. The molecular formula is C20H22N6O. The van der Waals surface area contributed by atoms with Crippen LogP contribution in [0.25, 0.3) is 5.69 Å². The van der Waals surface area contributed by atoms with Gasteiger partial charge in [0.25, 0.3) is 5.91 Å². The number of aromatic nitrogens is 4. The quantitative estimate of drug-likeness (QED) is 0.728. The van der Waals surface area contributed by atoms with Gasteiger partial charge in [-0.25, -0.2) is 0 Å². The first-order valence-electron chi connectivity index (χ1n) is 9.15. The minimum atomic E-state index is -0.115. The van der Waals surface area contributed by atoms with Crippen LogP contribution in [-0.2, 0) is 6.42 Å². The fourth-order valence-corrected chi connectivity index (χ4v) is 3.37. The van der Waals surface area contributed by atoms with E-state index in [-0.39, 0.29) is 5.91 Å². The Labute approximate surface area is 157 Å². The summed E-state index contributed by atoms with van der Waals surface area (Å²) in [7, 11) is 0. The number of tetrazole rings is 1. The van der Waals surface area contributed by atoms with E-state index in [0.717, 1.165) is 30.9 Å². The van der Waals surface area contributed by atoms with Crippen molar-refractivity contribution in [2.45, 2.75) is 19.8 Å². The summed E-state index contributed by atoms with van der Waals surface area (Å²) in [5, 5.41) is 17.8. The SMILES string of the molecule is Cc1nnnn1-c1ccc(NC(=O)c2ccc(CC3CCNC3)cc2)cc1. The summed E-state index contributed by atoms with van der Waals surface area (Å²) in [6, 6.07) is 15.3. The first kappa shape index (κ1) is 17.4. The van der Waals surface area contributed by atoms with Gasteiger partial charge in [0, 0.05) is 11.3 Å². The summed E-state index contributed by atoms with van der Waals surface area (Å²) in [5.74, 6) is 1.29. The van der Waals surface area contributed by atoms with E-state index >= 15 is 0 Å². The highest BCUT2D eigenvalue weighted by Gasteiger charge is 2.15. The number of carbonyl (C=O) groups is 1. The molecule has 1 aliphatic heterocycles. The van der Waals surface area contributed by atoms with Crippen molar-refractivity contribution in [3.8, 4) is 5.69 Å². The van der Waals surface area contributed by atoms with Gasteiger partial charge in [-0.1, -0.05) is 12.1 Å². The van der Waals surface area contributed by atoms with Gasteiger partial charge in [-0.3, -0.25) is 4.79 Å². The van der Waals surface area contributed by atoms with E-state index in [9.17, 15) is 4.79 Å². The average molecular weight is 362 g/mol. The summed E-state index contributed by atoms with van der Waals surface area (Å²) in [6.07, 6.45) is 2.29. The van der Waals surface area contributed by atoms with Crippen molar-refractivity contribution in [3.63, 3.8) is 0 Å². The van der Waals surface area contributed by atoms with Gasteiger partial charge in [0.2, 0.25) is 0 Å². The van der Waals surface area contributed by atoms with E-state index in [1.165, 1.54) is 12.0 Å². The molecule has 1 fully saturated rings. The molecule has 0 aliphatic carbocycles. The first-order valence-corrected chi connectivity index (χ1v) is 9.15. The molecule has 1 aromatic heterocycles. The van der Waals surface area contributed by atoms with Gasteiger partial charge in [-0.15, -0.1) is 5.10 Å². The molecule has 0 bridgehead atoms. The van der Waals surface area contributed by atoms with Crippen molar-refractivity contribution in [1.29, 1.82) is 0 Å². The minimum absolute atomic E-state index is 0.115. The van der Waals surface area contributed by atoms with Crippen LogP contribution in [0.4, 0.5) is 5.69 Å². The Hall–Kier alpha value is -3.06. The molecule has 7 heteroatoms. The highest BCUT2D eigenvalue weighted by Crippen LogP contribution is 2.17. The van der Waals surface area contributed by atoms with Crippen LogP contribution in [0.2, 0.25) is 0 Å². The van der Waals surface area contributed by atoms with Crippen molar-refractivity contribution in [1.82, 2.24) is 25.5 Å². The monoisotopic (exact) mass is 362 g/mol. The lowest BCUT2D eigenvalue weighted by Gasteiger charge is -2.10. The number of amides is 1. The number of carbonyl (C=O) groups excluding carboxylic acids is 1. The van der Waals surface area contributed by atoms with E-state index in [0.29, 0.717) is 17.3 Å². The molecule has 0 saturated carbocycles. The molecule has 2 heterocycles. The molecule has 1 unspecified atom stereocenters. The predicted molar refractivity (Wildman–Crippen MR) is 103 cm³/mol. The maximum Gasteiger partial charge on any atom is 0.255 e. The molecule has 1 atom stereocenters. The molecule has 0 spiro atoms. The molecule has 7 nitrogen and oxygen atoms in total. The smallest absolute Gasteiger partial charge is 0.255 e. The molecule has 2 aromatic carbocycles. The number of rotatable bonds is 5. The van der Waals surface area contributed by atoms with Crippen LogP contribution in [0, 0.1) is 12.8 Å². The maximum atomic E-state index is 12.5. The van der Waals surface area contributed by atoms with Crippen molar-refractivity contribution >= 4 is 11.6 Å². The third-order valence-electron chi connectivity index (χ3n) is 4.90. The predicted octanol–water partition coefficient (Wildman–Crippen LogP) is 2.38. The second kappa shape index (κ2) is 7.67. The zero-order valence-corrected chi connectivity index (χ0v) is 15.2. The Bertz CT molecular complexity index is 910. The Morgan fingerprint density at radius 1 is 1.19 bits per heavy atom. The van der Waals surface area contributed by atoms with Gasteiger partial charge < -0.3 is 10.6 Å². The van der Waals surface area contributed by atoms with Gasteiger partial charge in [-0.2, -0.15) is 4.68 Å². The van der Waals surface area contributed by atoms with Crippen LogP contribution in [0.1, 0.15) is 28.2 Å².